The maximum atomic E-state index is 11.3. The van der Waals surface area contributed by atoms with Crippen molar-refractivity contribution in [3.63, 3.8) is 0 Å². The molecular formula is C10H17N3O2. The van der Waals surface area contributed by atoms with Crippen molar-refractivity contribution in [1.29, 1.82) is 0 Å². The molecule has 1 atom stereocenters. The number of aromatic nitrogens is 3. The summed E-state index contributed by atoms with van der Waals surface area (Å²) in [5.41, 5.74) is 0. The lowest BCUT2D eigenvalue weighted by Crippen LogP contribution is -2.15. The summed E-state index contributed by atoms with van der Waals surface area (Å²) >= 11 is 0. The second kappa shape index (κ2) is 4.91. The Balaban J connectivity index is 2.64. The van der Waals surface area contributed by atoms with E-state index in [1.807, 2.05) is 20.8 Å². The van der Waals surface area contributed by atoms with Gasteiger partial charge < -0.3 is 4.74 Å². The van der Waals surface area contributed by atoms with Crippen LogP contribution in [0.25, 0.3) is 0 Å². The molecule has 0 aliphatic heterocycles. The Morgan fingerprint density at radius 2 is 2.20 bits per heavy atom. The van der Waals surface area contributed by atoms with Crippen LogP contribution in [0, 0.1) is 13.8 Å². The van der Waals surface area contributed by atoms with E-state index in [1.165, 1.54) is 0 Å². The van der Waals surface area contributed by atoms with Crippen LogP contribution in [0.15, 0.2) is 0 Å². The highest BCUT2D eigenvalue weighted by Gasteiger charge is 2.15. The van der Waals surface area contributed by atoms with Gasteiger partial charge in [0.1, 0.15) is 11.6 Å². The van der Waals surface area contributed by atoms with Crippen LogP contribution in [0.2, 0.25) is 0 Å². The summed E-state index contributed by atoms with van der Waals surface area (Å²) in [6.07, 6.45) is 0.331. The van der Waals surface area contributed by atoms with Crippen LogP contribution < -0.4 is 0 Å². The van der Waals surface area contributed by atoms with Gasteiger partial charge in [-0.2, -0.15) is 5.10 Å². The molecule has 0 aliphatic rings. The third-order valence-electron chi connectivity index (χ3n) is 2.09. The third-order valence-corrected chi connectivity index (χ3v) is 2.09. The van der Waals surface area contributed by atoms with Gasteiger partial charge in [0, 0.05) is 0 Å². The lowest BCUT2D eigenvalue weighted by atomic mass is 10.2. The number of ether oxygens (including phenoxy) is 1. The van der Waals surface area contributed by atoms with Gasteiger partial charge in [0.05, 0.1) is 19.1 Å². The number of esters is 1. The summed E-state index contributed by atoms with van der Waals surface area (Å²) in [6, 6.07) is -0.00903. The summed E-state index contributed by atoms with van der Waals surface area (Å²) in [4.78, 5) is 15.4. The van der Waals surface area contributed by atoms with E-state index in [4.69, 9.17) is 4.74 Å². The Morgan fingerprint density at radius 3 is 2.67 bits per heavy atom. The van der Waals surface area contributed by atoms with Crippen LogP contribution in [-0.2, 0) is 9.53 Å². The number of aryl methyl sites for hydroxylation is 2. The van der Waals surface area contributed by atoms with Gasteiger partial charge in [-0.3, -0.25) is 4.79 Å². The van der Waals surface area contributed by atoms with Gasteiger partial charge in [0.15, 0.2) is 0 Å². The zero-order valence-electron chi connectivity index (χ0n) is 9.65. The molecule has 0 aromatic carbocycles. The third kappa shape index (κ3) is 3.04. The van der Waals surface area contributed by atoms with Crippen molar-refractivity contribution >= 4 is 5.97 Å². The minimum Gasteiger partial charge on any atom is -0.466 e. The van der Waals surface area contributed by atoms with Crippen molar-refractivity contribution in [2.24, 2.45) is 0 Å². The second-order valence-electron chi connectivity index (χ2n) is 3.51. The Bertz CT molecular complexity index is 346. The standard InChI is InChI=1S/C10H17N3O2/c1-5-15-10(14)6-7(2)13-9(4)11-8(3)12-13/h7H,5-6H2,1-4H3. The molecule has 0 spiro atoms. The van der Waals surface area contributed by atoms with Crippen LogP contribution in [-0.4, -0.2) is 27.3 Å². The van der Waals surface area contributed by atoms with Crippen molar-refractivity contribution in [2.45, 2.75) is 40.2 Å². The van der Waals surface area contributed by atoms with Crippen LogP contribution in [0.3, 0.4) is 0 Å². The molecule has 1 heterocycles. The van der Waals surface area contributed by atoms with Gasteiger partial charge in [-0.1, -0.05) is 0 Å². The fourth-order valence-electron chi connectivity index (χ4n) is 1.50. The van der Waals surface area contributed by atoms with E-state index in [-0.39, 0.29) is 12.0 Å². The van der Waals surface area contributed by atoms with Gasteiger partial charge in [0.25, 0.3) is 0 Å². The first-order valence-corrected chi connectivity index (χ1v) is 5.10. The van der Waals surface area contributed by atoms with E-state index < -0.39 is 0 Å². The van der Waals surface area contributed by atoms with E-state index in [2.05, 4.69) is 10.1 Å². The molecule has 1 rings (SSSR count). The molecule has 0 saturated heterocycles. The van der Waals surface area contributed by atoms with Gasteiger partial charge >= 0.3 is 5.97 Å². The predicted octanol–water partition coefficient (Wildman–Crippen LogP) is 1.41. The fourth-order valence-corrected chi connectivity index (χ4v) is 1.50. The van der Waals surface area contributed by atoms with Crippen molar-refractivity contribution < 1.29 is 9.53 Å². The highest BCUT2D eigenvalue weighted by atomic mass is 16.5. The van der Waals surface area contributed by atoms with E-state index in [9.17, 15) is 4.79 Å². The smallest absolute Gasteiger partial charge is 0.307 e. The molecule has 1 unspecified atom stereocenters. The molecule has 0 fully saturated rings. The minimum atomic E-state index is -0.197. The zero-order chi connectivity index (χ0) is 11.4. The average Bonchev–Trinajstić information content (AvgIpc) is 2.45. The summed E-state index contributed by atoms with van der Waals surface area (Å²) < 4.78 is 6.64. The maximum Gasteiger partial charge on any atom is 0.307 e. The van der Waals surface area contributed by atoms with Gasteiger partial charge in [0.2, 0.25) is 0 Å². The van der Waals surface area contributed by atoms with Crippen molar-refractivity contribution in [3.05, 3.63) is 11.6 Å². The molecule has 0 amide bonds. The molecule has 15 heavy (non-hydrogen) atoms. The molecule has 0 N–H and O–H groups in total. The minimum absolute atomic E-state index is 0.00903. The Hall–Kier alpha value is -1.39. The SMILES string of the molecule is CCOC(=O)CC(C)n1nc(C)nc1C. The normalized spacial score (nSPS) is 12.5. The number of carbonyl (C=O) groups excluding carboxylic acids is 1. The summed E-state index contributed by atoms with van der Waals surface area (Å²) in [7, 11) is 0. The van der Waals surface area contributed by atoms with E-state index >= 15 is 0 Å². The summed E-state index contributed by atoms with van der Waals surface area (Å²) in [6.45, 7) is 7.86. The highest BCUT2D eigenvalue weighted by molar-refractivity contribution is 5.69. The molecule has 1 aromatic heterocycles. The Morgan fingerprint density at radius 1 is 1.53 bits per heavy atom. The number of hydrogen-bond acceptors (Lipinski definition) is 4. The first-order valence-electron chi connectivity index (χ1n) is 5.10. The van der Waals surface area contributed by atoms with Crippen LogP contribution in [0.4, 0.5) is 0 Å². The lowest BCUT2D eigenvalue weighted by Gasteiger charge is -2.11. The second-order valence-corrected chi connectivity index (χ2v) is 3.51. The monoisotopic (exact) mass is 211 g/mol. The molecule has 5 heteroatoms. The zero-order valence-corrected chi connectivity index (χ0v) is 9.65. The number of hydrogen-bond donors (Lipinski definition) is 0. The summed E-state index contributed by atoms with van der Waals surface area (Å²) in [5, 5.41) is 4.22. The lowest BCUT2D eigenvalue weighted by molar-refractivity contribution is -0.144. The van der Waals surface area contributed by atoms with E-state index in [0.717, 1.165) is 11.6 Å². The topological polar surface area (TPSA) is 57.0 Å². The number of nitrogens with zero attached hydrogens (tertiary/aromatic N) is 3. The van der Waals surface area contributed by atoms with Gasteiger partial charge in [-0.25, -0.2) is 9.67 Å². The fraction of sp³-hybridized carbons (Fsp3) is 0.700. The van der Waals surface area contributed by atoms with Gasteiger partial charge in [-0.15, -0.1) is 0 Å². The first-order chi connectivity index (χ1) is 7.04. The highest BCUT2D eigenvalue weighted by Crippen LogP contribution is 2.12. The average molecular weight is 211 g/mol. The largest absolute Gasteiger partial charge is 0.466 e. The van der Waals surface area contributed by atoms with Crippen molar-refractivity contribution in [3.8, 4) is 0 Å². The molecule has 84 valence electrons. The quantitative estimate of drug-likeness (QED) is 0.706. The molecular weight excluding hydrogens is 194 g/mol. The Labute approximate surface area is 89.5 Å². The van der Waals surface area contributed by atoms with Crippen LogP contribution in [0.5, 0.6) is 0 Å². The Kier molecular flexibility index (Phi) is 3.82. The molecule has 5 nitrogen and oxygen atoms in total. The van der Waals surface area contributed by atoms with Crippen LogP contribution in [0.1, 0.15) is 38.0 Å². The first kappa shape index (κ1) is 11.7. The summed E-state index contributed by atoms with van der Waals surface area (Å²) in [5.74, 6) is 1.35. The molecule has 0 aliphatic carbocycles. The van der Waals surface area contributed by atoms with Crippen molar-refractivity contribution in [1.82, 2.24) is 14.8 Å². The molecule has 0 radical (unpaired) electrons. The van der Waals surface area contributed by atoms with Crippen molar-refractivity contribution in [2.75, 3.05) is 6.61 Å². The maximum absolute atomic E-state index is 11.3. The van der Waals surface area contributed by atoms with E-state index in [1.54, 1.807) is 11.6 Å². The molecule has 0 bridgehead atoms. The van der Waals surface area contributed by atoms with Crippen LogP contribution >= 0.6 is 0 Å². The van der Waals surface area contributed by atoms with E-state index in [0.29, 0.717) is 13.0 Å². The molecule has 0 saturated carbocycles. The number of carbonyl (C=O) groups is 1. The van der Waals surface area contributed by atoms with Gasteiger partial charge in [-0.05, 0) is 27.7 Å². The molecule has 1 aromatic rings. The number of rotatable bonds is 4. The predicted molar refractivity (Wildman–Crippen MR) is 55.5 cm³/mol.